The molecule has 9 heteroatoms. The van der Waals surface area contributed by atoms with E-state index in [2.05, 4.69) is 57.5 Å². The average Bonchev–Trinajstić information content (AvgIpc) is 3.46. The molecule has 0 radical (unpaired) electrons. The van der Waals surface area contributed by atoms with Crippen LogP contribution >= 0.6 is 0 Å². The zero-order chi connectivity index (χ0) is 26.6. The molecule has 0 unspecified atom stereocenters. The molecule has 0 atom stereocenters. The van der Waals surface area contributed by atoms with Gasteiger partial charge in [-0.05, 0) is 43.9 Å². The van der Waals surface area contributed by atoms with Gasteiger partial charge in [0.05, 0.1) is 36.2 Å². The molecule has 39 heavy (non-hydrogen) atoms. The lowest BCUT2D eigenvalue weighted by Crippen LogP contribution is -2.59. The molecule has 1 amide bonds. The highest BCUT2D eigenvalue weighted by atomic mass is 16.5. The summed E-state index contributed by atoms with van der Waals surface area (Å²) in [7, 11) is 0. The number of likely N-dealkylation sites (tertiary alicyclic amines) is 1. The molecule has 1 saturated carbocycles. The number of carbonyl (C=O) groups is 1. The van der Waals surface area contributed by atoms with Crippen LogP contribution in [-0.4, -0.2) is 83.5 Å². The summed E-state index contributed by atoms with van der Waals surface area (Å²) in [4.78, 5) is 29.1. The van der Waals surface area contributed by atoms with Gasteiger partial charge in [-0.25, -0.2) is 4.98 Å². The Kier molecular flexibility index (Phi) is 5.81. The SMILES string of the molecule is C=CC(=O)N1CC2(CCN(c3nc(N4CCOCC4)nc(-c4c(C)ccc5[nH]ncc45)c3C#CC3CC3)C2)C1. The molecule has 0 bridgehead atoms. The highest BCUT2D eigenvalue weighted by Gasteiger charge is 2.49. The highest BCUT2D eigenvalue weighted by molar-refractivity contribution is 5.97. The van der Waals surface area contributed by atoms with Crippen LogP contribution in [0.3, 0.4) is 0 Å². The van der Waals surface area contributed by atoms with Crippen LogP contribution in [-0.2, 0) is 9.53 Å². The van der Waals surface area contributed by atoms with E-state index in [0.29, 0.717) is 19.1 Å². The fourth-order valence-electron chi connectivity index (χ4n) is 6.13. The molecule has 3 saturated heterocycles. The van der Waals surface area contributed by atoms with Crippen molar-refractivity contribution in [2.75, 3.05) is 62.3 Å². The van der Waals surface area contributed by atoms with Gasteiger partial charge < -0.3 is 19.4 Å². The molecule has 4 aliphatic rings. The predicted molar refractivity (Wildman–Crippen MR) is 151 cm³/mol. The lowest BCUT2D eigenvalue weighted by Gasteiger charge is -2.47. The number of ether oxygens (including phenoxy) is 1. The van der Waals surface area contributed by atoms with E-state index in [0.717, 1.165) is 104 Å². The third-order valence-corrected chi connectivity index (χ3v) is 8.50. The van der Waals surface area contributed by atoms with Crippen LogP contribution in [0.5, 0.6) is 0 Å². The van der Waals surface area contributed by atoms with Gasteiger partial charge in [-0.15, -0.1) is 0 Å². The molecule has 1 spiro atoms. The number of nitrogens with one attached hydrogen (secondary N) is 1. The molecule has 1 aromatic carbocycles. The van der Waals surface area contributed by atoms with E-state index in [-0.39, 0.29) is 11.3 Å². The third-order valence-electron chi connectivity index (χ3n) is 8.50. The minimum atomic E-state index is 0.0117. The van der Waals surface area contributed by atoms with Crippen molar-refractivity contribution in [3.63, 3.8) is 0 Å². The minimum Gasteiger partial charge on any atom is -0.378 e. The molecule has 1 N–H and O–H groups in total. The van der Waals surface area contributed by atoms with E-state index in [9.17, 15) is 4.79 Å². The number of hydrogen-bond donors (Lipinski definition) is 1. The Morgan fingerprint density at radius 3 is 2.74 bits per heavy atom. The average molecular weight is 524 g/mol. The second kappa shape index (κ2) is 9.38. The van der Waals surface area contributed by atoms with Gasteiger partial charge in [-0.2, -0.15) is 10.1 Å². The van der Waals surface area contributed by atoms with Gasteiger partial charge in [0.15, 0.2) is 5.82 Å². The molecule has 7 rings (SSSR count). The zero-order valence-corrected chi connectivity index (χ0v) is 22.4. The van der Waals surface area contributed by atoms with E-state index >= 15 is 0 Å². The fraction of sp³-hybridized carbons (Fsp3) is 0.467. The molecule has 3 aliphatic heterocycles. The largest absolute Gasteiger partial charge is 0.378 e. The summed E-state index contributed by atoms with van der Waals surface area (Å²) >= 11 is 0. The second-order valence-corrected chi connectivity index (χ2v) is 11.4. The van der Waals surface area contributed by atoms with Crippen molar-refractivity contribution in [3.8, 4) is 23.1 Å². The topological polar surface area (TPSA) is 90.5 Å². The Morgan fingerprint density at radius 1 is 1.15 bits per heavy atom. The number of nitrogens with zero attached hydrogens (tertiary/aromatic N) is 6. The van der Waals surface area contributed by atoms with Crippen LogP contribution in [0.1, 0.15) is 30.4 Å². The number of morpholine rings is 1. The van der Waals surface area contributed by atoms with Crippen molar-refractivity contribution in [2.45, 2.75) is 26.2 Å². The van der Waals surface area contributed by atoms with Crippen LogP contribution in [0.15, 0.2) is 31.0 Å². The number of benzene rings is 1. The highest BCUT2D eigenvalue weighted by Crippen LogP contribution is 2.44. The normalized spacial score (nSPS) is 20.2. The van der Waals surface area contributed by atoms with Gasteiger partial charge in [0.25, 0.3) is 0 Å². The Balaban J connectivity index is 1.37. The van der Waals surface area contributed by atoms with Crippen molar-refractivity contribution in [1.82, 2.24) is 25.1 Å². The van der Waals surface area contributed by atoms with E-state index in [1.54, 1.807) is 0 Å². The first-order valence-corrected chi connectivity index (χ1v) is 13.9. The fourth-order valence-corrected chi connectivity index (χ4v) is 6.13. The monoisotopic (exact) mass is 523 g/mol. The summed E-state index contributed by atoms with van der Waals surface area (Å²) in [6, 6.07) is 4.19. The van der Waals surface area contributed by atoms with Crippen molar-refractivity contribution in [1.29, 1.82) is 0 Å². The molecule has 9 nitrogen and oxygen atoms in total. The number of carbonyl (C=O) groups excluding carboxylic acids is 1. The first kappa shape index (κ1) is 24.2. The smallest absolute Gasteiger partial charge is 0.245 e. The zero-order valence-electron chi connectivity index (χ0n) is 22.4. The number of aromatic amines is 1. The second-order valence-electron chi connectivity index (χ2n) is 11.4. The molecule has 2 aromatic heterocycles. The van der Waals surface area contributed by atoms with Crippen molar-refractivity contribution in [3.05, 3.63) is 42.1 Å². The van der Waals surface area contributed by atoms with E-state index < -0.39 is 0 Å². The Hall–Kier alpha value is -3.90. The van der Waals surface area contributed by atoms with Gasteiger partial charge in [-0.1, -0.05) is 24.5 Å². The summed E-state index contributed by atoms with van der Waals surface area (Å²) in [6.07, 6.45) is 6.62. The van der Waals surface area contributed by atoms with E-state index in [1.807, 2.05) is 11.1 Å². The number of aryl methyl sites for hydroxylation is 1. The third kappa shape index (κ3) is 4.33. The summed E-state index contributed by atoms with van der Waals surface area (Å²) in [6.45, 7) is 11.9. The lowest BCUT2D eigenvalue weighted by molar-refractivity contribution is -0.136. The predicted octanol–water partition coefficient (Wildman–Crippen LogP) is 3.15. The van der Waals surface area contributed by atoms with Crippen LogP contribution < -0.4 is 9.80 Å². The van der Waals surface area contributed by atoms with Crippen molar-refractivity contribution >= 4 is 28.6 Å². The van der Waals surface area contributed by atoms with Gasteiger partial charge in [0, 0.05) is 61.6 Å². The first-order valence-electron chi connectivity index (χ1n) is 13.9. The molecule has 3 aromatic rings. The van der Waals surface area contributed by atoms with Gasteiger partial charge in [0.2, 0.25) is 11.9 Å². The molecule has 200 valence electrons. The standard InChI is InChI=1S/C30H33N7O2/c1-3-25(38)37-18-30(19-37)10-11-36(17-30)28-22(8-7-21-5-6-21)27(32-29(33-28)35-12-14-39-15-13-35)26-20(2)4-9-24-23(26)16-31-34-24/h3-4,9,16,21H,1,5-6,10-15,17-19H2,2H3,(H,31,34). The summed E-state index contributed by atoms with van der Waals surface area (Å²) in [5, 5.41) is 8.50. The number of rotatable bonds is 4. The molecular formula is C30H33N7O2. The maximum absolute atomic E-state index is 12.2. The molecule has 4 fully saturated rings. The Bertz CT molecular complexity index is 1520. The maximum Gasteiger partial charge on any atom is 0.245 e. The molecular weight excluding hydrogens is 490 g/mol. The van der Waals surface area contributed by atoms with E-state index in [4.69, 9.17) is 14.7 Å². The van der Waals surface area contributed by atoms with Gasteiger partial charge >= 0.3 is 0 Å². The first-order chi connectivity index (χ1) is 19.0. The van der Waals surface area contributed by atoms with Crippen LogP contribution in [0.25, 0.3) is 22.2 Å². The van der Waals surface area contributed by atoms with Crippen molar-refractivity contribution in [2.24, 2.45) is 11.3 Å². The number of anilines is 2. The van der Waals surface area contributed by atoms with Gasteiger partial charge in [-0.3, -0.25) is 9.89 Å². The van der Waals surface area contributed by atoms with E-state index in [1.165, 1.54) is 6.08 Å². The number of fused-ring (bicyclic) bond motifs is 1. The number of amides is 1. The summed E-state index contributed by atoms with van der Waals surface area (Å²) in [5.74, 6) is 9.16. The Morgan fingerprint density at radius 2 is 1.97 bits per heavy atom. The Labute approximate surface area is 228 Å². The maximum atomic E-state index is 12.2. The van der Waals surface area contributed by atoms with Crippen LogP contribution in [0.2, 0.25) is 0 Å². The van der Waals surface area contributed by atoms with Crippen LogP contribution in [0.4, 0.5) is 11.8 Å². The molecule has 1 aliphatic carbocycles. The van der Waals surface area contributed by atoms with Crippen LogP contribution in [0, 0.1) is 30.1 Å². The number of aromatic nitrogens is 4. The quantitative estimate of drug-likeness (QED) is 0.415. The molecule has 5 heterocycles. The summed E-state index contributed by atoms with van der Waals surface area (Å²) < 4.78 is 5.63. The minimum absolute atomic E-state index is 0.0117. The van der Waals surface area contributed by atoms with Crippen molar-refractivity contribution < 1.29 is 9.53 Å². The lowest BCUT2D eigenvalue weighted by atomic mass is 9.79. The van der Waals surface area contributed by atoms with Gasteiger partial charge in [0.1, 0.15) is 0 Å². The summed E-state index contributed by atoms with van der Waals surface area (Å²) in [5.41, 5.74) is 5.02. The number of H-pyrrole nitrogens is 1. The number of hydrogen-bond acceptors (Lipinski definition) is 7.